The number of sulfone groups is 1. The number of likely N-dealkylation sites (tertiary alicyclic amines) is 1. The minimum absolute atomic E-state index is 0.143. The number of phenols is 1. The van der Waals surface area contributed by atoms with Gasteiger partial charge < -0.3 is 15.0 Å². The molecule has 0 amide bonds. The van der Waals surface area contributed by atoms with Crippen LogP contribution in [0.5, 0.6) is 5.75 Å². The van der Waals surface area contributed by atoms with E-state index < -0.39 is 15.4 Å². The number of nitrogens with zero attached hydrogens (tertiary/aromatic N) is 1. The molecule has 0 spiro atoms. The minimum atomic E-state index is -3.60. The first-order valence-corrected chi connectivity index (χ1v) is 13.5. The van der Waals surface area contributed by atoms with Crippen LogP contribution in [0.25, 0.3) is 0 Å². The number of aromatic nitrogens is 1. The molecular weight excluding hydrogens is 424 g/mol. The van der Waals surface area contributed by atoms with Gasteiger partial charge in [-0.3, -0.25) is 4.79 Å². The molecule has 3 aliphatic rings. The molecule has 0 unspecified atom stereocenters. The quantitative estimate of drug-likeness (QED) is 0.738. The van der Waals surface area contributed by atoms with Crippen LogP contribution in [0, 0.1) is 18.8 Å². The Kier molecular flexibility index (Phi) is 5.06. The lowest BCUT2D eigenvalue weighted by molar-refractivity contribution is 0.0246. The van der Waals surface area contributed by atoms with Crippen molar-refractivity contribution in [3.8, 4) is 5.75 Å². The third kappa shape index (κ3) is 3.59. The summed E-state index contributed by atoms with van der Waals surface area (Å²) in [6, 6.07) is 7.54. The van der Waals surface area contributed by atoms with Gasteiger partial charge in [0.05, 0.1) is 0 Å². The van der Waals surface area contributed by atoms with Gasteiger partial charge in [-0.1, -0.05) is 6.07 Å². The lowest BCUT2D eigenvalue weighted by Crippen LogP contribution is -2.59. The number of pyridine rings is 1. The molecule has 6 nitrogen and oxygen atoms in total. The zero-order valence-corrected chi connectivity index (χ0v) is 19.8. The molecule has 2 aromatic rings. The van der Waals surface area contributed by atoms with Crippen LogP contribution in [0.4, 0.5) is 0 Å². The summed E-state index contributed by atoms with van der Waals surface area (Å²) >= 11 is 0. The van der Waals surface area contributed by atoms with Crippen LogP contribution >= 0.6 is 0 Å². The van der Waals surface area contributed by atoms with Gasteiger partial charge in [0.1, 0.15) is 10.6 Å². The average molecular weight is 457 g/mol. The Balaban J connectivity index is 1.65. The number of hydrogen-bond acceptors (Lipinski definition) is 5. The van der Waals surface area contributed by atoms with Crippen molar-refractivity contribution in [2.75, 3.05) is 19.3 Å². The van der Waals surface area contributed by atoms with Crippen molar-refractivity contribution in [2.45, 2.75) is 62.3 Å². The van der Waals surface area contributed by atoms with Crippen LogP contribution in [-0.4, -0.2) is 48.8 Å². The minimum Gasteiger partial charge on any atom is -0.508 e. The zero-order valence-electron chi connectivity index (χ0n) is 19.0. The van der Waals surface area contributed by atoms with Gasteiger partial charge in [0.25, 0.3) is 5.56 Å². The average Bonchev–Trinajstić information content (AvgIpc) is 3.54. The maximum atomic E-state index is 12.6. The van der Waals surface area contributed by atoms with E-state index in [1.165, 1.54) is 12.8 Å². The number of aromatic amines is 1. The van der Waals surface area contributed by atoms with Gasteiger partial charge in [-0.2, -0.15) is 0 Å². The highest BCUT2D eigenvalue weighted by Gasteiger charge is 2.51. The summed E-state index contributed by atoms with van der Waals surface area (Å²) < 4.78 is 24.4. The third-order valence-electron chi connectivity index (χ3n) is 8.17. The number of hydrogen-bond donors (Lipinski definition) is 2. The standard InChI is InChI=1S/C25H32N2O4S/c1-15-4-7-19(28)12-20(15)25-8-9-27(14-17-5-6-17)16(2)21(25)10-18-11-23(32(3,30)31)24(29)26-22(18)13-25/h4,7,11-12,16-17,21,28H,5-6,8-10,13-14H2,1-3H3,(H,26,29)/t16-,21+,25-/m1/s1. The highest BCUT2D eigenvalue weighted by molar-refractivity contribution is 7.90. The fraction of sp³-hybridized carbons (Fsp3) is 0.560. The fourth-order valence-electron chi connectivity index (χ4n) is 6.26. The summed E-state index contributed by atoms with van der Waals surface area (Å²) in [5.41, 5.74) is 3.33. The van der Waals surface area contributed by atoms with Crippen LogP contribution in [0.1, 0.15) is 48.6 Å². The molecule has 1 aliphatic heterocycles. The van der Waals surface area contributed by atoms with Gasteiger partial charge in [0.15, 0.2) is 9.84 Å². The molecule has 1 saturated heterocycles. The van der Waals surface area contributed by atoms with E-state index in [1.807, 2.05) is 12.1 Å². The summed E-state index contributed by atoms with van der Waals surface area (Å²) in [4.78, 5) is 18.0. The molecule has 1 aromatic heterocycles. The lowest BCUT2D eigenvalue weighted by atomic mass is 9.56. The van der Waals surface area contributed by atoms with Crippen LogP contribution in [-0.2, 0) is 28.1 Å². The number of phenolic OH excluding ortho intramolecular Hbond substituents is 1. The monoisotopic (exact) mass is 456 g/mol. The van der Waals surface area contributed by atoms with Crippen LogP contribution in [0.3, 0.4) is 0 Å². The topological polar surface area (TPSA) is 90.5 Å². The van der Waals surface area contributed by atoms with Gasteiger partial charge in [-0.25, -0.2) is 8.42 Å². The van der Waals surface area contributed by atoms with Gasteiger partial charge in [-0.05, 0) is 99.2 Å². The van der Waals surface area contributed by atoms with E-state index in [1.54, 1.807) is 12.1 Å². The molecule has 0 radical (unpaired) electrons. The summed E-state index contributed by atoms with van der Waals surface area (Å²) in [7, 11) is -3.60. The van der Waals surface area contributed by atoms with Crippen molar-refractivity contribution in [2.24, 2.45) is 11.8 Å². The Morgan fingerprint density at radius 2 is 2.00 bits per heavy atom. The number of piperidine rings is 1. The molecule has 1 saturated carbocycles. The van der Waals surface area contributed by atoms with Crippen LogP contribution < -0.4 is 5.56 Å². The van der Waals surface area contributed by atoms with E-state index in [0.29, 0.717) is 18.9 Å². The molecule has 0 bridgehead atoms. The SMILES string of the molecule is Cc1ccc(O)cc1[C@]12CCN(CC3CC3)[C@H](C)[C@@H]1Cc1cc(S(C)(=O)=O)c(=O)[nH]c1C2. The Morgan fingerprint density at radius 3 is 2.69 bits per heavy atom. The highest BCUT2D eigenvalue weighted by atomic mass is 32.2. The number of rotatable bonds is 4. The van der Waals surface area contributed by atoms with Crippen molar-refractivity contribution in [1.29, 1.82) is 0 Å². The molecular formula is C25H32N2O4S. The largest absolute Gasteiger partial charge is 0.508 e. The van der Waals surface area contributed by atoms with Crippen molar-refractivity contribution >= 4 is 9.84 Å². The number of benzene rings is 1. The molecule has 2 fully saturated rings. The maximum Gasteiger partial charge on any atom is 0.266 e. The van der Waals surface area contributed by atoms with E-state index >= 15 is 0 Å². The summed E-state index contributed by atoms with van der Waals surface area (Å²) in [5.74, 6) is 1.33. The van der Waals surface area contributed by atoms with Crippen molar-refractivity contribution in [3.63, 3.8) is 0 Å². The van der Waals surface area contributed by atoms with Gasteiger partial charge >= 0.3 is 0 Å². The van der Waals surface area contributed by atoms with Crippen LogP contribution in [0.2, 0.25) is 0 Å². The predicted octanol–water partition coefficient (Wildman–Crippen LogP) is 2.95. The first-order chi connectivity index (χ1) is 15.1. The normalized spacial score (nSPS) is 28.2. The number of aryl methyl sites for hydroxylation is 1. The third-order valence-corrected chi connectivity index (χ3v) is 9.28. The first kappa shape index (κ1) is 21.7. The van der Waals surface area contributed by atoms with Crippen molar-refractivity contribution in [3.05, 3.63) is 57.0 Å². The Labute approximate surface area is 189 Å². The van der Waals surface area contributed by atoms with E-state index in [4.69, 9.17) is 0 Å². The smallest absolute Gasteiger partial charge is 0.266 e. The zero-order chi connectivity index (χ0) is 22.8. The lowest BCUT2D eigenvalue weighted by Gasteiger charge is -2.55. The van der Waals surface area contributed by atoms with Crippen molar-refractivity contribution < 1.29 is 13.5 Å². The maximum absolute atomic E-state index is 12.6. The number of H-pyrrole nitrogens is 1. The highest BCUT2D eigenvalue weighted by Crippen LogP contribution is 2.51. The van der Waals surface area contributed by atoms with Gasteiger partial charge in [0.2, 0.25) is 0 Å². The van der Waals surface area contributed by atoms with E-state index in [9.17, 15) is 18.3 Å². The molecule has 1 aromatic carbocycles. The van der Waals surface area contributed by atoms with Crippen LogP contribution in [0.15, 0.2) is 34.0 Å². The number of nitrogens with one attached hydrogen (secondary N) is 1. The summed E-state index contributed by atoms with van der Waals surface area (Å²) in [5, 5.41) is 10.3. The summed E-state index contributed by atoms with van der Waals surface area (Å²) in [6.07, 6.45) is 6.03. The second-order valence-corrected chi connectivity index (χ2v) is 12.3. The van der Waals surface area contributed by atoms with E-state index in [0.717, 1.165) is 54.1 Å². The predicted molar refractivity (Wildman–Crippen MR) is 124 cm³/mol. The first-order valence-electron chi connectivity index (χ1n) is 11.6. The van der Waals surface area contributed by atoms with Crippen molar-refractivity contribution in [1.82, 2.24) is 9.88 Å². The summed E-state index contributed by atoms with van der Waals surface area (Å²) in [6.45, 7) is 6.50. The number of aromatic hydroxyl groups is 1. The Morgan fingerprint density at radius 1 is 1.25 bits per heavy atom. The molecule has 32 heavy (non-hydrogen) atoms. The molecule has 2 N–H and O–H groups in total. The molecule has 2 aliphatic carbocycles. The van der Waals surface area contributed by atoms with Gasteiger partial charge in [0, 0.05) is 30.0 Å². The van der Waals surface area contributed by atoms with E-state index in [2.05, 4.69) is 23.7 Å². The molecule has 172 valence electrons. The molecule has 3 atom stereocenters. The van der Waals surface area contributed by atoms with E-state index in [-0.39, 0.29) is 22.0 Å². The second-order valence-electron chi connectivity index (χ2n) is 10.3. The molecule has 2 heterocycles. The molecule has 5 rings (SSSR count). The molecule has 7 heteroatoms. The second kappa shape index (κ2) is 7.45. The van der Waals surface area contributed by atoms with Gasteiger partial charge in [-0.15, -0.1) is 0 Å². The number of fused-ring (bicyclic) bond motifs is 2. The Hall–Kier alpha value is -2.12. The Bertz CT molecular complexity index is 1230. The fourth-order valence-corrected chi connectivity index (χ4v) is 7.00.